The number of nitrogens with one attached hydrogen (secondary N) is 1. The van der Waals surface area contributed by atoms with Crippen molar-refractivity contribution in [3.8, 4) is 0 Å². The Morgan fingerprint density at radius 2 is 1.68 bits per heavy atom. The van der Waals surface area contributed by atoms with Gasteiger partial charge in [0.2, 0.25) is 0 Å². The SMILES string of the molecule is ClC1CCC(CNCC2CCC3(CCCC3)O2)CC1. The number of halogens is 1. The van der Waals surface area contributed by atoms with Crippen LogP contribution in [0.15, 0.2) is 0 Å². The Labute approximate surface area is 122 Å². The van der Waals surface area contributed by atoms with Crippen molar-refractivity contribution in [2.75, 3.05) is 13.1 Å². The number of ether oxygens (including phenoxy) is 1. The molecule has 3 heteroatoms. The van der Waals surface area contributed by atoms with Crippen LogP contribution in [-0.2, 0) is 4.74 Å². The number of hydrogen-bond donors (Lipinski definition) is 1. The molecule has 0 radical (unpaired) electrons. The fraction of sp³-hybridized carbons (Fsp3) is 1.00. The van der Waals surface area contributed by atoms with Crippen LogP contribution in [0.5, 0.6) is 0 Å². The van der Waals surface area contributed by atoms with Crippen molar-refractivity contribution in [2.45, 2.75) is 81.3 Å². The molecular weight excluding hydrogens is 258 g/mol. The van der Waals surface area contributed by atoms with Gasteiger partial charge in [-0.15, -0.1) is 11.6 Å². The largest absolute Gasteiger partial charge is 0.370 e. The standard InChI is InChI=1S/C16H28ClNO/c17-14-5-3-13(4-6-14)11-18-12-15-7-10-16(19-15)8-1-2-9-16/h13-15,18H,1-12H2. The van der Waals surface area contributed by atoms with E-state index in [4.69, 9.17) is 16.3 Å². The van der Waals surface area contributed by atoms with Gasteiger partial charge >= 0.3 is 0 Å². The van der Waals surface area contributed by atoms with E-state index in [0.717, 1.165) is 19.0 Å². The van der Waals surface area contributed by atoms with Gasteiger partial charge in [-0.2, -0.15) is 0 Å². The molecule has 1 N–H and O–H groups in total. The van der Waals surface area contributed by atoms with Crippen LogP contribution in [0.25, 0.3) is 0 Å². The molecule has 110 valence electrons. The molecule has 1 aliphatic heterocycles. The minimum Gasteiger partial charge on any atom is -0.370 e. The van der Waals surface area contributed by atoms with E-state index >= 15 is 0 Å². The van der Waals surface area contributed by atoms with Gasteiger partial charge in [0.05, 0.1) is 11.7 Å². The average molecular weight is 286 g/mol. The van der Waals surface area contributed by atoms with E-state index in [0.29, 0.717) is 17.1 Å². The summed E-state index contributed by atoms with van der Waals surface area (Å²) in [5, 5.41) is 4.09. The van der Waals surface area contributed by atoms with E-state index in [2.05, 4.69) is 5.32 Å². The summed E-state index contributed by atoms with van der Waals surface area (Å²) in [6.45, 7) is 2.22. The maximum atomic E-state index is 6.33. The molecule has 2 nitrogen and oxygen atoms in total. The van der Waals surface area contributed by atoms with Crippen molar-refractivity contribution in [3.63, 3.8) is 0 Å². The summed E-state index contributed by atoms with van der Waals surface area (Å²) in [6.07, 6.45) is 13.4. The molecule has 0 bridgehead atoms. The lowest BCUT2D eigenvalue weighted by molar-refractivity contribution is -0.0353. The maximum Gasteiger partial charge on any atom is 0.0708 e. The van der Waals surface area contributed by atoms with Crippen molar-refractivity contribution in [2.24, 2.45) is 5.92 Å². The Morgan fingerprint density at radius 1 is 0.947 bits per heavy atom. The molecule has 3 aliphatic rings. The molecular formula is C16H28ClNO. The summed E-state index contributed by atoms with van der Waals surface area (Å²) in [5.74, 6) is 0.844. The lowest BCUT2D eigenvalue weighted by atomic mass is 9.89. The van der Waals surface area contributed by atoms with Crippen LogP contribution in [0, 0.1) is 5.92 Å². The highest BCUT2D eigenvalue weighted by Gasteiger charge is 2.41. The third-order valence-electron chi connectivity index (χ3n) is 5.43. The van der Waals surface area contributed by atoms with Crippen LogP contribution in [-0.4, -0.2) is 30.2 Å². The van der Waals surface area contributed by atoms with Gasteiger partial charge in [0.25, 0.3) is 0 Å². The molecule has 0 aromatic heterocycles. The van der Waals surface area contributed by atoms with Gasteiger partial charge in [0.15, 0.2) is 0 Å². The molecule has 1 unspecified atom stereocenters. The van der Waals surface area contributed by atoms with E-state index in [1.165, 1.54) is 64.2 Å². The first-order valence-corrected chi connectivity index (χ1v) is 8.72. The zero-order valence-corrected chi connectivity index (χ0v) is 12.8. The van der Waals surface area contributed by atoms with Gasteiger partial charge < -0.3 is 10.1 Å². The lowest BCUT2D eigenvalue weighted by Crippen LogP contribution is -2.34. The van der Waals surface area contributed by atoms with Crippen LogP contribution in [0.4, 0.5) is 0 Å². The van der Waals surface area contributed by atoms with Crippen molar-refractivity contribution < 1.29 is 4.74 Å². The van der Waals surface area contributed by atoms with Gasteiger partial charge in [-0.25, -0.2) is 0 Å². The highest BCUT2D eigenvalue weighted by molar-refractivity contribution is 6.20. The quantitative estimate of drug-likeness (QED) is 0.792. The molecule has 1 spiro atoms. The normalized spacial score (nSPS) is 38.1. The van der Waals surface area contributed by atoms with Crippen LogP contribution in [0.1, 0.15) is 64.2 Å². The monoisotopic (exact) mass is 285 g/mol. The van der Waals surface area contributed by atoms with E-state index in [9.17, 15) is 0 Å². The molecule has 19 heavy (non-hydrogen) atoms. The second-order valence-corrected chi connectivity index (χ2v) is 7.56. The molecule has 1 saturated heterocycles. The first kappa shape index (κ1) is 14.2. The van der Waals surface area contributed by atoms with Crippen molar-refractivity contribution in [1.29, 1.82) is 0 Å². The van der Waals surface area contributed by atoms with Gasteiger partial charge in [0, 0.05) is 11.9 Å². The second-order valence-electron chi connectivity index (χ2n) is 6.94. The molecule has 3 rings (SSSR count). The molecule has 2 aliphatic carbocycles. The summed E-state index contributed by atoms with van der Waals surface area (Å²) in [6, 6.07) is 0. The molecule has 0 amide bonds. The summed E-state index contributed by atoms with van der Waals surface area (Å²) >= 11 is 6.15. The lowest BCUT2D eigenvalue weighted by Gasteiger charge is -2.26. The van der Waals surface area contributed by atoms with Crippen LogP contribution in [0.2, 0.25) is 0 Å². The van der Waals surface area contributed by atoms with Gasteiger partial charge in [-0.1, -0.05) is 12.8 Å². The first-order valence-electron chi connectivity index (χ1n) is 8.28. The second kappa shape index (κ2) is 6.32. The van der Waals surface area contributed by atoms with Crippen LogP contribution in [0.3, 0.4) is 0 Å². The van der Waals surface area contributed by atoms with Gasteiger partial charge in [0.1, 0.15) is 0 Å². The minimum atomic E-state index is 0.295. The molecule has 2 saturated carbocycles. The van der Waals surface area contributed by atoms with Crippen LogP contribution < -0.4 is 5.32 Å². The Bertz CT molecular complexity index is 282. The Balaban J connectivity index is 1.33. The van der Waals surface area contributed by atoms with Crippen molar-refractivity contribution in [1.82, 2.24) is 5.32 Å². The topological polar surface area (TPSA) is 21.3 Å². The highest BCUT2D eigenvalue weighted by atomic mass is 35.5. The van der Waals surface area contributed by atoms with Crippen molar-refractivity contribution >= 4 is 11.6 Å². The molecule has 3 fully saturated rings. The summed E-state index contributed by atoms with van der Waals surface area (Å²) in [7, 11) is 0. The third kappa shape index (κ3) is 3.65. The molecule has 1 heterocycles. The zero-order chi connectivity index (χ0) is 13.1. The third-order valence-corrected chi connectivity index (χ3v) is 5.87. The fourth-order valence-corrected chi connectivity index (χ4v) is 4.45. The smallest absolute Gasteiger partial charge is 0.0708 e. The zero-order valence-electron chi connectivity index (χ0n) is 12.0. The summed E-state index contributed by atoms with van der Waals surface area (Å²) in [4.78, 5) is 0. The number of hydrogen-bond acceptors (Lipinski definition) is 2. The van der Waals surface area contributed by atoms with Gasteiger partial charge in [-0.05, 0) is 63.8 Å². The van der Waals surface area contributed by atoms with Crippen LogP contribution >= 0.6 is 11.6 Å². The first-order chi connectivity index (χ1) is 9.26. The Morgan fingerprint density at radius 3 is 2.42 bits per heavy atom. The number of alkyl halides is 1. The maximum absolute atomic E-state index is 6.33. The molecule has 1 atom stereocenters. The molecule has 0 aromatic rings. The van der Waals surface area contributed by atoms with Gasteiger partial charge in [-0.3, -0.25) is 0 Å². The Kier molecular flexibility index (Phi) is 4.71. The summed E-state index contributed by atoms with van der Waals surface area (Å²) < 4.78 is 6.33. The fourth-order valence-electron chi connectivity index (χ4n) is 4.20. The van der Waals surface area contributed by atoms with E-state index < -0.39 is 0 Å². The van der Waals surface area contributed by atoms with E-state index in [1.54, 1.807) is 0 Å². The van der Waals surface area contributed by atoms with Crippen molar-refractivity contribution in [3.05, 3.63) is 0 Å². The number of rotatable bonds is 4. The molecule has 0 aromatic carbocycles. The van der Waals surface area contributed by atoms with E-state index in [-0.39, 0.29) is 0 Å². The predicted molar refractivity (Wildman–Crippen MR) is 79.8 cm³/mol. The average Bonchev–Trinajstić information content (AvgIpc) is 3.03. The predicted octanol–water partition coefficient (Wildman–Crippen LogP) is 3.87. The van der Waals surface area contributed by atoms with E-state index in [1.807, 2.05) is 0 Å². The minimum absolute atomic E-state index is 0.295. The Hall–Kier alpha value is 0.210. The highest BCUT2D eigenvalue weighted by Crippen LogP contribution is 2.43. The summed E-state index contributed by atoms with van der Waals surface area (Å²) in [5.41, 5.74) is 0.295.